The number of anilines is 1. The molecule has 1 aromatic rings. The summed E-state index contributed by atoms with van der Waals surface area (Å²) in [6, 6.07) is 4.39. The Bertz CT molecular complexity index is 652. The Morgan fingerprint density at radius 3 is 2.50 bits per heavy atom. The number of ether oxygens (including phenoxy) is 1. The molecule has 1 aliphatic carbocycles. The van der Waals surface area contributed by atoms with Crippen LogP contribution in [0.2, 0.25) is 5.02 Å². The molecule has 0 aromatic heterocycles. The van der Waals surface area contributed by atoms with Crippen molar-refractivity contribution in [3.63, 3.8) is 0 Å². The van der Waals surface area contributed by atoms with E-state index in [4.69, 9.17) is 11.6 Å². The highest BCUT2D eigenvalue weighted by molar-refractivity contribution is 6.33. The molecule has 0 radical (unpaired) electrons. The summed E-state index contributed by atoms with van der Waals surface area (Å²) in [6.45, 7) is 0. The largest absolute Gasteiger partial charge is 0.481 e. The lowest BCUT2D eigenvalue weighted by Gasteiger charge is -2.32. The van der Waals surface area contributed by atoms with E-state index in [1.807, 2.05) is 0 Å². The number of methoxy groups -OCH3 is 1. The molecule has 0 bridgehead atoms. The fourth-order valence-electron chi connectivity index (χ4n) is 3.06. The summed E-state index contributed by atoms with van der Waals surface area (Å²) in [5.41, 5.74) is -0.502. The average molecular weight is 354 g/mol. The third kappa shape index (κ3) is 4.06. The van der Waals surface area contributed by atoms with Crippen molar-refractivity contribution in [2.75, 3.05) is 12.4 Å². The van der Waals surface area contributed by atoms with Gasteiger partial charge in [0.25, 0.3) is 0 Å². The van der Waals surface area contributed by atoms with Gasteiger partial charge in [-0.2, -0.15) is 0 Å². The van der Waals surface area contributed by atoms with E-state index in [-0.39, 0.29) is 22.7 Å². The second kappa shape index (κ2) is 7.66. The summed E-state index contributed by atoms with van der Waals surface area (Å²) in [6.07, 6.45) is 3.47. The first-order chi connectivity index (χ1) is 11.4. The van der Waals surface area contributed by atoms with E-state index in [1.54, 1.807) is 0 Å². The zero-order valence-electron chi connectivity index (χ0n) is 13.4. The molecular formula is C17H20ClNO5. The Kier molecular flexibility index (Phi) is 5.83. The van der Waals surface area contributed by atoms with Gasteiger partial charge in [-0.25, -0.2) is 4.79 Å². The number of hydrogen-bond donors (Lipinski definition) is 2. The van der Waals surface area contributed by atoms with Crippen LogP contribution in [0, 0.1) is 5.41 Å². The molecule has 0 spiro atoms. The number of rotatable bonds is 5. The lowest BCUT2D eigenvalue weighted by molar-refractivity contribution is -0.153. The predicted molar refractivity (Wildman–Crippen MR) is 89.2 cm³/mol. The molecule has 0 saturated heterocycles. The molecule has 1 fully saturated rings. The highest BCUT2D eigenvalue weighted by Crippen LogP contribution is 2.40. The van der Waals surface area contributed by atoms with Crippen LogP contribution in [0.15, 0.2) is 18.2 Å². The molecule has 130 valence electrons. The number of carboxylic acids is 1. The van der Waals surface area contributed by atoms with Gasteiger partial charge in [0.05, 0.1) is 28.8 Å². The monoisotopic (exact) mass is 353 g/mol. The summed E-state index contributed by atoms with van der Waals surface area (Å²) in [4.78, 5) is 35.6. The Morgan fingerprint density at radius 2 is 1.92 bits per heavy atom. The molecule has 1 aliphatic rings. The highest BCUT2D eigenvalue weighted by atomic mass is 35.5. The second-order valence-electron chi connectivity index (χ2n) is 6.06. The third-order valence-corrected chi connectivity index (χ3v) is 4.75. The molecule has 0 heterocycles. The summed E-state index contributed by atoms with van der Waals surface area (Å²) in [5.74, 6) is -1.91. The molecule has 1 aromatic carbocycles. The number of esters is 1. The maximum Gasteiger partial charge on any atom is 0.337 e. The molecular weight excluding hydrogens is 334 g/mol. The fourth-order valence-corrected chi connectivity index (χ4v) is 3.23. The molecule has 0 atom stereocenters. The van der Waals surface area contributed by atoms with Crippen LogP contribution in [-0.4, -0.2) is 30.1 Å². The minimum Gasteiger partial charge on any atom is -0.481 e. The van der Waals surface area contributed by atoms with Crippen molar-refractivity contribution in [3.05, 3.63) is 28.8 Å². The zero-order chi connectivity index (χ0) is 17.7. The Hall–Kier alpha value is -2.08. The van der Waals surface area contributed by atoms with E-state index in [2.05, 4.69) is 10.1 Å². The maximum atomic E-state index is 12.3. The maximum absolute atomic E-state index is 12.3. The number of aliphatic carboxylic acids is 1. The standard InChI is InChI=1S/C17H20ClNO5/c1-24-15(21)11-5-6-12(18)13(9-11)19-14(20)10-17(16(22)23)7-3-2-4-8-17/h5-6,9H,2-4,7-8,10H2,1H3,(H,19,20)(H,22,23). The first-order valence-corrected chi connectivity index (χ1v) is 8.17. The van der Waals surface area contributed by atoms with Gasteiger partial charge < -0.3 is 15.2 Å². The normalized spacial score (nSPS) is 16.2. The van der Waals surface area contributed by atoms with Crippen molar-refractivity contribution in [1.29, 1.82) is 0 Å². The van der Waals surface area contributed by atoms with Gasteiger partial charge in [-0.15, -0.1) is 0 Å². The first kappa shape index (κ1) is 18.3. The van der Waals surface area contributed by atoms with Gasteiger partial charge in [0.1, 0.15) is 0 Å². The number of amides is 1. The number of hydrogen-bond acceptors (Lipinski definition) is 4. The summed E-state index contributed by atoms with van der Waals surface area (Å²) in [7, 11) is 1.26. The van der Waals surface area contributed by atoms with Crippen molar-refractivity contribution >= 4 is 35.1 Å². The van der Waals surface area contributed by atoms with Crippen LogP contribution < -0.4 is 5.32 Å². The van der Waals surface area contributed by atoms with E-state index >= 15 is 0 Å². The lowest BCUT2D eigenvalue weighted by atomic mass is 9.71. The van der Waals surface area contributed by atoms with E-state index in [1.165, 1.54) is 25.3 Å². The van der Waals surface area contributed by atoms with E-state index in [0.29, 0.717) is 12.8 Å². The zero-order valence-corrected chi connectivity index (χ0v) is 14.2. The van der Waals surface area contributed by atoms with Crippen molar-refractivity contribution in [2.24, 2.45) is 5.41 Å². The van der Waals surface area contributed by atoms with Crippen LogP contribution in [0.25, 0.3) is 0 Å². The van der Waals surface area contributed by atoms with E-state index in [9.17, 15) is 19.5 Å². The SMILES string of the molecule is COC(=O)c1ccc(Cl)c(NC(=O)CC2(C(=O)O)CCCCC2)c1. The number of carboxylic acid groups (broad SMARTS) is 1. The van der Waals surface area contributed by atoms with Gasteiger partial charge >= 0.3 is 11.9 Å². The van der Waals surface area contributed by atoms with Crippen molar-refractivity contribution in [1.82, 2.24) is 0 Å². The molecule has 1 saturated carbocycles. The van der Waals surface area contributed by atoms with Gasteiger partial charge in [-0.3, -0.25) is 9.59 Å². The number of benzene rings is 1. The fraction of sp³-hybridized carbons (Fsp3) is 0.471. The van der Waals surface area contributed by atoms with Crippen LogP contribution in [0.4, 0.5) is 5.69 Å². The summed E-state index contributed by atoms with van der Waals surface area (Å²) < 4.78 is 4.63. The number of nitrogens with one attached hydrogen (secondary N) is 1. The van der Waals surface area contributed by atoms with Gasteiger partial charge in [-0.05, 0) is 31.0 Å². The Labute approximate surface area is 145 Å². The van der Waals surface area contributed by atoms with Crippen LogP contribution in [0.5, 0.6) is 0 Å². The van der Waals surface area contributed by atoms with Crippen molar-refractivity contribution < 1.29 is 24.2 Å². The first-order valence-electron chi connectivity index (χ1n) is 7.79. The van der Waals surface area contributed by atoms with Crippen molar-refractivity contribution in [2.45, 2.75) is 38.5 Å². The molecule has 0 unspecified atom stereocenters. The third-order valence-electron chi connectivity index (χ3n) is 4.42. The van der Waals surface area contributed by atoms with Crippen LogP contribution >= 0.6 is 11.6 Å². The Balaban J connectivity index is 2.14. The molecule has 2 rings (SSSR count). The van der Waals surface area contributed by atoms with Crippen LogP contribution in [0.1, 0.15) is 48.9 Å². The van der Waals surface area contributed by atoms with Crippen LogP contribution in [0.3, 0.4) is 0 Å². The molecule has 1 amide bonds. The number of carbonyl (C=O) groups excluding carboxylic acids is 2. The number of halogens is 1. The minimum absolute atomic E-state index is 0.110. The lowest BCUT2D eigenvalue weighted by Crippen LogP contribution is -2.37. The molecule has 7 heteroatoms. The molecule has 24 heavy (non-hydrogen) atoms. The number of carbonyl (C=O) groups is 3. The molecule has 2 N–H and O–H groups in total. The average Bonchev–Trinajstić information content (AvgIpc) is 2.56. The summed E-state index contributed by atoms with van der Waals surface area (Å²) in [5, 5.41) is 12.4. The summed E-state index contributed by atoms with van der Waals surface area (Å²) >= 11 is 6.04. The molecule has 6 nitrogen and oxygen atoms in total. The van der Waals surface area contributed by atoms with Gasteiger partial charge in [-0.1, -0.05) is 30.9 Å². The molecule has 0 aliphatic heterocycles. The minimum atomic E-state index is -1.02. The topological polar surface area (TPSA) is 92.7 Å². The van der Waals surface area contributed by atoms with Gasteiger partial charge in [0.2, 0.25) is 5.91 Å². The van der Waals surface area contributed by atoms with Gasteiger partial charge in [0, 0.05) is 6.42 Å². The predicted octanol–water partition coefficient (Wildman–Crippen LogP) is 3.49. The van der Waals surface area contributed by atoms with Crippen LogP contribution in [-0.2, 0) is 14.3 Å². The van der Waals surface area contributed by atoms with Gasteiger partial charge in [0.15, 0.2) is 0 Å². The van der Waals surface area contributed by atoms with E-state index < -0.39 is 23.3 Å². The smallest absolute Gasteiger partial charge is 0.337 e. The quantitative estimate of drug-likeness (QED) is 0.790. The van der Waals surface area contributed by atoms with Crippen molar-refractivity contribution in [3.8, 4) is 0 Å². The van der Waals surface area contributed by atoms with E-state index in [0.717, 1.165) is 19.3 Å². The highest BCUT2D eigenvalue weighted by Gasteiger charge is 2.41. The second-order valence-corrected chi connectivity index (χ2v) is 6.46. The Morgan fingerprint density at radius 1 is 1.25 bits per heavy atom.